The Morgan fingerprint density at radius 2 is 1.76 bits per heavy atom. The van der Waals surface area contributed by atoms with Crippen LogP contribution in [0.4, 0.5) is 0 Å². The summed E-state index contributed by atoms with van der Waals surface area (Å²) < 4.78 is 10.4. The molecule has 0 aliphatic rings. The minimum atomic E-state index is -1.31. The zero-order valence-electron chi connectivity index (χ0n) is 11.2. The van der Waals surface area contributed by atoms with Crippen molar-refractivity contribution in [3.8, 4) is 5.75 Å². The van der Waals surface area contributed by atoms with Crippen molar-refractivity contribution in [2.45, 2.75) is 44.9 Å². The smallest absolute Gasteiger partial charge is 0.339 e. The highest BCUT2D eigenvalue weighted by Crippen LogP contribution is 2.25. The van der Waals surface area contributed by atoms with Gasteiger partial charge in [0.2, 0.25) is 0 Å². The maximum Gasteiger partial charge on any atom is 0.339 e. The van der Waals surface area contributed by atoms with Gasteiger partial charge in [-0.2, -0.15) is 0 Å². The fourth-order valence-corrected chi connectivity index (χ4v) is 5.37. The molecule has 0 aliphatic carbocycles. The third-order valence-corrected chi connectivity index (χ3v) is 9.43. The van der Waals surface area contributed by atoms with Gasteiger partial charge in [0.1, 0.15) is 11.5 Å². The topological polar surface area (TPSA) is 39.4 Å². The molecule has 0 spiro atoms. The van der Waals surface area contributed by atoms with Gasteiger partial charge in [-0.15, -0.1) is 0 Å². The Bertz CT molecular complexity index is 399. The summed E-state index contributed by atoms with van der Waals surface area (Å²) in [5.41, 5.74) is -0.314. The van der Waals surface area contributed by atoms with Crippen LogP contribution in [0.1, 0.15) is 26.5 Å². The van der Waals surface area contributed by atoms with E-state index in [1.165, 1.54) is 24.2 Å². The standard InChI is InChI=1S/C13H22O3Si/c1-5-17(6-2,7-3)10-12-8-11(15-4)9-13(14)16-12/h8-9H,5-7,10H2,1-4H3. The van der Waals surface area contributed by atoms with Crippen LogP contribution in [0.3, 0.4) is 0 Å². The van der Waals surface area contributed by atoms with Gasteiger partial charge < -0.3 is 9.15 Å². The van der Waals surface area contributed by atoms with Gasteiger partial charge in [0.05, 0.1) is 21.3 Å². The van der Waals surface area contributed by atoms with E-state index in [9.17, 15) is 4.79 Å². The Balaban J connectivity index is 3.01. The highest BCUT2D eigenvalue weighted by Gasteiger charge is 2.28. The van der Waals surface area contributed by atoms with E-state index >= 15 is 0 Å². The van der Waals surface area contributed by atoms with Crippen LogP contribution in [0.15, 0.2) is 21.3 Å². The van der Waals surface area contributed by atoms with E-state index in [1.807, 2.05) is 6.07 Å². The molecule has 0 bridgehead atoms. The van der Waals surface area contributed by atoms with Gasteiger partial charge in [-0.25, -0.2) is 4.79 Å². The van der Waals surface area contributed by atoms with Crippen molar-refractivity contribution in [3.63, 3.8) is 0 Å². The molecule has 0 atom stereocenters. The second kappa shape index (κ2) is 6.05. The summed E-state index contributed by atoms with van der Waals surface area (Å²) in [6.07, 6.45) is 0. The first-order valence-corrected chi connectivity index (χ1v) is 9.10. The number of hydrogen-bond acceptors (Lipinski definition) is 3. The Morgan fingerprint density at radius 1 is 1.18 bits per heavy atom. The molecule has 0 N–H and O–H groups in total. The fraction of sp³-hybridized carbons (Fsp3) is 0.615. The summed E-state index contributed by atoms with van der Waals surface area (Å²) in [4.78, 5) is 11.4. The molecule has 0 unspecified atom stereocenters. The van der Waals surface area contributed by atoms with Crippen LogP contribution in [0.5, 0.6) is 5.75 Å². The quantitative estimate of drug-likeness (QED) is 0.732. The van der Waals surface area contributed by atoms with Crippen LogP contribution in [0.2, 0.25) is 18.1 Å². The van der Waals surface area contributed by atoms with Crippen molar-refractivity contribution in [2.24, 2.45) is 0 Å². The zero-order chi connectivity index (χ0) is 12.9. The highest BCUT2D eigenvalue weighted by atomic mass is 28.3. The van der Waals surface area contributed by atoms with E-state index in [1.54, 1.807) is 7.11 Å². The molecule has 0 radical (unpaired) electrons. The van der Waals surface area contributed by atoms with E-state index < -0.39 is 8.07 Å². The van der Waals surface area contributed by atoms with Crippen LogP contribution < -0.4 is 10.4 Å². The molecule has 17 heavy (non-hydrogen) atoms. The molecular formula is C13H22O3Si. The monoisotopic (exact) mass is 254 g/mol. The Morgan fingerprint density at radius 3 is 2.24 bits per heavy atom. The van der Waals surface area contributed by atoms with Crippen molar-refractivity contribution < 1.29 is 9.15 Å². The van der Waals surface area contributed by atoms with E-state index in [2.05, 4.69) is 20.8 Å². The lowest BCUT2D eigenvalue weighted by Crippen LogP contribution is -2.35. The molecule has 0 saturated heterocycles. The third kappa shape index (κ3) is 3.46. The summed E-state index contributed by atoms with van der Waals surface area (Å²) in [7, 11) is 0.267. The average Bonchev–Trinajstić information content (AvgIpc) is 2.35. The minimum Gasteiger partial charge on any atom is -0.496 e. The van der Waals surface area contributed by atoms with Gasteiger partial charge in [-0.05, 0) is 0 Å². The number of ether oxygens (including phenoxy) is 1. The van der Waals surface area contributed by atoms with Gasteiger partial charge in [0, 0.05) is 12.1 Å². The van der Waals surface area contributed by atoms with Crippen LogP contribution in [-0.4, -0.2) is 15.2 Å². The molecule has 4 heteroatoms. The summed E-state index contributed by atoms with van der Waals surface area (Å²) in [6, 6.07) is 7.84. The summed E-state index contributed by atoms with van der Waals surface area (Å²) in [5, 5.41) is 0. The predicted molar refractivity (Wildman–Crippen MR) is 72.4 cm³/mol. The van der Waals surface area contributed by atoms with E-state index in [4.69, 9.17) is 9.15 Å². The fourth-order valence-electron chi connectivity index (χ4n) is 2.20. The van der Waals surface area contributed by atoms with Crippen molar-refractivity contribution >= 4 is 8.07 Å². The molecule has 0 saturated carbocycles. The highest BCUT2D eigenvalue weighted by molar-refractivity contribution is 6.79. The Hall–Kier alpha value is -1.03. The van der Waals surface area contributed by atoms with Gasteiger partial charge in [0.15, 0.2) is 0 Å². The van der Waals surface area contributed by atoms with Gasteiger partial charge in [0.25, 0.3) is 0 Å². The van der Waals surface area contributed by atoms with E-state index in [0.29, 0.717) is 5.75 Å². The first kappa shape index (κ1) is 14.0. The maximum absolute atomic E-state index is 11.4. The summed E-state index contributed by atoms with van der Waals surface area (Å²) >= 11 is 0. The molecule has 1 aromatic rings. The lowest BCUT2D eigenvalue weighted by Gasteiger charge is -2.27. The molecule has 1 rings (SSSR count). The van der Waals surface area contributed by atoms with Gasteiger partial charge in [-0.3, -0.25) is 0 Å². The van der Waals surface area contributed by atoms with Gasteiger partial charge >= 0.3 is 5.63 Å². The van der Waals surface area contributed by atoms with Gasteiger partial charge in [-0.1, -0.05) is 38.9 Å². The van der Waals surface area contributed by atoms with Crippen LogP contribution in [-0.2, 0) is 6.04 Å². The number of rotatable bonds is 6. The molecule has 0 amide bonds. The molecule has 1 heterocycles. The molecule has 96 valence electrons. The Labute approximate surface area is 104 Å². The lowest BCUT2D eigenvalue weighted by molar-refractivity contribution is 0.395. The third-order valence-electron chi connectivity index (χ3n) is 3.83. The van der Waals surface area contributed by atoms with Crippen molar-refractivity contribution in [2.75, 3.05) is 7.11 Å². The van der Waals surface area contributed by atoms with Crippen molar-refractivity contribution in [1.82, 2.24) is 0 Å². The maximum atomic E-state index is 11.4. The first-order chi connectivity index (χ1) is 8.09. The average molecular weight is 254 g/mol. The number of methoxy groups -OCH3 is 1. The zero-order valence-corrected chi connectivity index (χ0v) is 12.2. The second-order valence-corrected chi connectivity index (χ2v) is 9.99. The van der Waals surface area contributed by atoms with E-state index in [0.717, 1.165) is 11.8 Å². The lowest BCUT2D eigenvalue weighted by atomic mass is 10.4. The summed E-state index contributed by atoms with van der Waals surface area (Å²) in [5.74, 6) is 1.38. The van der Waals surface area contributed by atoms with Crippen LogP contribution in [0, 0.1) is 0 Å². The van der Waals surface area contributed by atoms with Crippen LogP contribution >= 0.6 is 0 Å². The SMILES string of the molecule is CC[Si](CC)(CC)Cc1cc(OC)cc(=O)o1. The van der Waals surface area contributed by atoms with Crippen molar-refractivity contribution in [3.05, 3.63) is 28.3 Å². The predicted octanol–water partition coefficient (Wildman–Crippen LogP) is 3.24. The van der Waals surface area contributed by atoms with Crippen molar-refractivity contribution in [1.29, 1.82) is 0 Å². The molecular weight excluding hydrogens is 232 g/mol. The second-order valence-electron chi connectivity index (χ2n) is 4.52. The Kier molecular flexibility index (Phi) is 4.99. The number of hydrogen-bond donors (Lipinski definition) is 0. The molecule has 0 fully saturated rings. The molecule has 0 aliphatic heterocycles. The minimum absolute atomic E-state index is 0.314. The van der Waals surface area contributed by atoms with E-state index in [-0.39, 0.29) is 5.63 Å². The molecule has 1 aromatic heterocycles. The molecule has 0 aromatic carbocycles. The molecule has 3 nitrogen and oxygen atoms in total. The summed E-state index contributed by atoms with van der Waals surface area (Å²) in [6.45, 7) is 6.74. The van der Waals surface area contributed by atoms with Crippen LogP contribution in [0.25, 0.3) is 0 Å². The normalized spacial score (nSPS) is 11.5. The largest absolute Gasteiger partial charge is 0.496 e. The first-order valence-electron chi connectivity index (χ1n) is 6.27.